The van der Waals surface area contributed by atoms with Crippen LogP contribution in [0.2, 0.25) is 0 Å². The SMILES string of the molecule is CCCCCC=CCC=CCC=CCC=CCCCC(=O)NCC(O)CF. The number of halogens is 1. The fourth-order valence-corrected chi connectivity index (χ4v) is 2.32. The van der Waals surface area contributed by atoms with Gasteiger partial charge in [-0.15, -0.1) is 0 Å². The lowest BCUT2D eigenvalue weighted by atomic mass is 10.2. The van der Waals surface area contributed by atoms with Crippen molar-refractivity contribution in [3.63, 3.8) is 0 Å². The number of carbonyl (C=O) groups is 1. The summed E-state index contributed by atoms with van der Waals surface area (Å²) in [7, 11) is 0. The molecule has 0 radical (unpaired) electrons. The lowest BCUT2D eigenvalue weighted by Crippen LogP contribution is -2.32. The molecule has 0 aromatic carbocycles. The summed E-state index contributed by atoms with van der Waals surface area (Å²) in [6.07, 6.45) is 26.3. The van der Waals surface area contributed by atoms with Crippen molar-refractivity contribution in [2.75, 3.05) is 13.2 Å². The molecule has 0 aromatic rings. The van der Waals surface area contributed by atoms with Crippen molar-refractivity contribution in [2.45, 2.75) is 77.2 Å². The topological polar surface area (TPSA) is 49.3 Å². The van der Waals surface area contributed by atoms with Gasteiger partial charge in [-0.05, 0) is 44.9 Å². The molecular formula is C23H38FNO2. The summed E-state index contributed by atoms with van der Waals surface area (Å²) >= 11 is 0. The monoisotopic (exact) mass is 379 g/mol. The molecule has 4 heteroatoms. The molecule has 0 saturated heterocycles. The van der Waals surface area contributed by atoms with E-state index in [1.165, 1.54) is 25.7 Å². The van der Waals surface area contributed by atoms with Crippen LogP contribution in [-0.4, -0.2) is 30.3 Å². The lowest BCUT2D eigenvalue weighted by molar-refractivity contribution is -0.121. The number of alkyl halides is 1. The summed E-state index contributed by atoms with van der Waals surface area (Å²) in [5.41, 5.74) is 0. The predicted molar refractivity (Wildman–Crippen MR) is 113 cm³/mol. The van der Waals surface area contributed by atoms with Crippen molar-refractivity contribution in [2.24, 2.45) is 0 Å². The molecule has 0 aromatic heterocycles. The first kappa shape index (κ1) is 25.3. The molecule has 0 heterocycles. The zero-order chi connectivity index (χ0) is 20.0. The van der Waals surface area contributed by atoms with Gasteiger partial charge in [0.1, 0.15) is 6.67 Å². The molecular weight excluding hydrogens is 341 g/mol. The largest absolute Gasteiger partial charge is 0.389 e. The van der Waals surface area contributed by atoms with E-state index in [1.807, 2.05) is 0 Å². The van der Waals surface area contributed by atoms with Gasteiger partial charge in [-0.2, -0.15) is 0 Å². The number of rotatable bonds is 17. The first-order valence-corrected chi connectivity index (χ1v) is 10.3. The molecule has 0 bridgehead atoms. The second kappa shape index (κ2) is 20.6. The number of hydrogen-bond donors (Lipinski definition) is 2. The first-order valence-electron chi connectivity index (χ1n) is 10.3. The van der Waals surface area contributed by atoms with Crippen LogP contribution in [-0.2, 0) is 4.79 Å². The molecule has 3 nitrogen and oxygen atoms in total. The van der Waals surface area contributed by atoms with Gasteiger partial charge in [-0.1, -0.05) is 68.4 Å². The molecule has 1 atom stereocenters. The Morgan fingerprint density at radius 1 is 0.889 bits per heavy atom. The maximum absolute atomic E-state index is 12.0. The van der Waals surface area contributed by atoms with Gasteiger partial charge in [0.2, 0.25) is 5.91 Å². The van der Waals surface area contributed by atoms with Gasteiger partial charge in [0.15, 0.2) is 0 Å². The zero-order valence-corrected chi connectivity index (χ0v) is 16.9. The molecule has 1 amide bonds. The summed E-state index contributed by atoms with van der Waals surface area (Å²) < 4.78 is 12.0. The van der Waals surface area contributed by atoms with Crippen LogP contribution in [0.5, 0.6) is 0 Å². The number of aliphatic hydroxyl groups excluding tert-OH is 1. The normalized spacial score (nSPS) is 13.4. The highest BCUT2D eigenvalue weighted by Crippen LogP contribution is 2.01. The highest BCUT2D eigenvalue weighted by molar-refractivity contribution is 5.75. The summed E-state index contributed by atoms with van der Waals surface area (Å²) in [4.78, 5) is 11.4. The van der Waals surface area contributed by atoms with Gasteiger partial charge in [-0.25, -0.2) is 4.39 Å². The Hall–Kier alpha value is -1.68. The van der Waals surface area contributed by atoms with Crippen LogP contribution in [0.1, 0.15) is 71.1 Å². The summed E-state index contributed by atoms with van der Waals surface area (Å²) in [6.45, 7) is 1.38. The molecule has 0 aliphatic heterocycles. The van der Waals surface area contributed by atoms with Crippen LogP contribution >= 0.6 is 0 Å². The van der Waals surface area contributed by atoms with Crippen LogP contribution in [0.3, 0.4) is 0 Å². The van der Waals surface area contributed by atoms with E-state index < -0.39 is 12.8 Å². The molecule has 0 aliphatic rings. The Labute approximate surface area is 165 Å². The predicted octanol–water partition coefficient (Wildman–Crippen LogP) is 5.58. The van der Waals surface area contributed by atoms with Crippen molar-refractivity contribution in [1.29, 1.82) is 0 Å². The van der Waals surface area contributed by atoms with E-state index >= 15 is 0 Å². The van der Waals surface area contributed by atoms with Crippen molar-refractivity contribution in [1.82, 2.24) is 5.32 Å². The molecule has 0 spiro atoms. The number of hydrogen-bond acceptors (Lipinski definition) is 2. The Morgan fingerprint density at radius 2 is 1.41 bits per heavy atom. The third-order valence-electron chi connectivity index (χ3n) is 3.95. The number of unbranched alkanes of at least 4 members (excludes halogenated alkanes) is 4. The van der Waals surface area contributed by atoms with Gasteiger partial charge in [-0.3, -0.25) is 4.79 Å². The highest BCUT2D eigenvalue weighted by atomic mass is 19.1. The molecule has 0 saturated carbocycles. The molecule has 2 N–H and O–H groups in total. The number of nitrogens with one attached hydrogen (secondary N) is 1. The minimum Gasteiger partial charge on any atom is -0.389 e. The standard InChI is InChI=1S/C23H38FNO2/c1-2-3-4-5-6-7-8-9-10-11-12-13-14-15-16-17-18-19-23(27)25-21-22(26)20-24/h6-7,9-10,12-13,15-16,22,26H,2-5,8,11,14,17-21H2,1H3,(H,25,27). The molecule has 1 unspecified atom stereocenters. The average molecular weight is 380 g/mol. The van der Waals surface area contributed by atoms with Crippen molar-refractivity contribution >= 4 is 5.91 Å². The lowest BCUT2D eigenvalue weighted by Gasteiger charge is -2.07. The van der Waals surface area contributed by atoms with Gasteiger partial charge < -0.3 is 10.4 Å². The quantitative estimate of drug-likeness (QED) is 0.256. The zero-order valence-electron chi connectivity index (χ0n) is 16.9. The summed E-state index contributed by atoms with van der Waals surface area (Å²) in [5, 5.41) is 11.5. The smallest absolute Gasteiger partial charge is 0.220 e. The van der Waals surface area contributed by atoms with Gasteiger partial charge in [0.05, 0.1) is 6.10 Å². The van der Waals surface area contributed by atoms with Crippen molar-refractivity contribution in [3.05, 3.63) is 48.6 Å². The van der Waals surface area contributed by atoms with Crippen LogP contribution < -0.4 is 5.32 Å². The maximum atomic E-state index is 12.0. The Balaban J connectivity index is 3.49. The van der Waals surface area contributed by atoms with Crippen molar-refractivity contribution in [3.8, 4) is 0 Å². The third-order valence-corrected chi connectivity index (χ3v) is 3.95. The molecule has 0 aliphatic carbocycles. The van der Waals surface area contributed by atoms with E-state index in [2.05, 4.69) is 60.8 Å². The van der Waals surface area contributed by atoms with Crippen LogP contribution in [0.4, 0.5) is 4.39 Å². The van der Waals surface area contributed by atoms with Crippen molar-refractivity contribution < 1.29 is 14.3 Å². The third kappa shape index (κ3) is 20.5. The van der Waals surface area contributed by atoms with E-state index in [0.29, 0.717) is 6.42 Å². The van der Waals surface area contributed by atoms with E-state index in [4.69, 9.17) is 5.11 Å². The summed E-state index contributed by atoms with van der Waals surface area (Å²) in [6, 6.07) is 0. The fourth-order valence-electron chi connectivity index (χ4n) is 2.32. The van der Waals surface area contributed by atoms with E-state index in [9.17, 15) is 9.18 Å². The number of allylic oxidation sites excluding steroid dienone is 8. The summed E-state index contributed by atoms with van der Waals surface area (Å²) in [5.74, 6) is -0.140. The van der Waals surface area contributed by atoms with Gasteiger partial charge in [0, 0.05) is 13.0 Å². The van der Waals surface area contributed by atoms with Crippen LogP contribution in [0.15, 0.2) is 48.6 Å². The minimum atomic E-state index is -1.09. The second-order valence-corrected chi connectivity index (χ2v) is 6.59. The van der Waals surface area contributed by atoms with E-state index in [0.717, 1.165) is 32.1 Å². The average Bonchev–Trinajstić information content (AvgIpc) is 2.68. The Morgan fingerprint density at radius 3 is 1.93 bits per heavy atom. The van der Waals surface area contributed by atoms with Crippen LogP contribution in [0.25, 0.3) is 0 Å². The Bertz CT molecular complexity index is 455. The maximum Gasteiger partial charge on any atom is 0.220 e. The molecule has 0 rings (SSSR count). The number of aliphatic hydroxyl groups is 1. The Kier molecular flexibility index (Phi) is 19.3. The number of carbonyl (C=O) groups excluding carboxylic acids is 1. The minimum absolute atomic E-state index is 0.0142. The molecule has 27 heavy (non-hydrogen) atoms. The molecule has 0 fully saturated rings. The van der Waals surface area contributed by atoms with Gasteiger partial charge >= 0.3 is 0 Å². The van der Waals surface area contributed by atoms with Gasteiger partial charge in [0.25, 0.3) is 0 Å². The van der Waals surface area contributed by atoms with Crippen LogP contribution in [0, 0.1) is 0 Å². The fraction of sp³-hybridized carbons (Fsp3) is 0.609. The van der Waals surface area contributed by atoms with E-state index in [-0.39, 0.29) is 12.5 Å². The number of amides is 1. The molecule has 154 valence electrons. The van der Waals surface area contributed by atoms with E-state index in [1.54, 1.807) is 0 Å². The highest BCUT2D eigenvalue weighted by Gasteiger charge is 2.05. The first-order chi connectivity index (χ1) is 13.2. The second-order valence-electron chi connectivity index (χ2n) is 6.59.